The molecule has 84 valence electrons. The van der Waals surface area contributed by atoms with Gasteiger partial charge in [-0.15, -0.1) is 0 Å². The van der Waals surface area contributed by atoms with Crippen molar-refractivity contribution in [1.82, 2.24) is 0 Å². The second kappa shape index (κ2) is 5.13. The van der Waals surface area contributed by atoms with E-state index in [9.17, 15) is 5.11 Å². The summed E-state index contributed by atoms with van der Waals surface area (Å²) >= 11 is 3.43. The van der Waals surface area contributed by atoms with Crippen LogP contribution in [0.3, 0.4) is 0 Å². The first-order chi connectivity index (χ1) is 6.89. The van der Waals surface area contributed by atoms with Crippen molar-refractivity contribution in [2.24, 2.45) is 5.41 Å². The summed E-state index contributed by atoms with van der Waals surface area (Å²) in [5.41, 5.74) is 1.48. The van der Waals surface area contributed by atoms with Crippen molar-refractivity contribution < 1.29 is 5.11 Å². The Hall–Kier alpha value is -0.340. The molecule has 0 fully saturated rings. The molecule has 0 heterocycles. The predicted molar refractivity (Wildman–Crippen MR) is 67.9 cm³/mol. The van der Waals surface area contributed by atoms with E-state index < -0.39 is 0 Å². The number of benzene rings is 1. The molecule has 0 radical (unpaired) electrons. The number of hydrogen-bond donors (Lipinski definition) is 1. The molecule has 2 heteroatoms. The third-order valence-corrected chi connectivity index (χ3v) is 2.97. The smallest absolute Gasteiger partial charge is 0.0517 e. The lowest BCUT2D eigenvalue weighted by molar-refractivity contribution is 0.129. The van der Waals surface area contributed by atoms with E-state index in [4.69, 9.17) is 0 Å². The van der Waals surface area contributed by atoms with E-state index >= 15 is 0 Å². The van der Waals surface area contributed by atoms with Crippen molar-refractivity contribution in [3.63, 3.8) is 0 Å². The Bertz CT molecular complexity index is 301. The second-order valence-electron chi connectivity index (χ2n) is 5.02. The summed E-state index contributed by atoms with van der Waals surface area (Å²) in [5.74, 6) is 0. The number of aliphatic hydroxyl groups is 1. The van der Waals surface area contributed by atoms with E-state index in [2.05, 4.69) is 54.0 Å². The fourth-order valence-corrected chi connectivity index (χ4v) is 2.29. The Morgan fingerprint density at radius 2 is 1.80 bits per heavy atom. The van der Waals surface area contributed by atoms with Gasteiger partial charge in [-0.3, -0.25) is 0 Å². The molecular formula is C13H19BrO. The molecule has 0 aromatic heterocycles. The van der Waals surface area contributed by atoms with Gasteiger partial charge in [0.05, 0.1) is 6.10 Å². The first-order valence-electron chi connectivity index (χ1n) is 5.31. The van der Waals surface area contributed by atoms with Crippen LogP contribution in [0.4, 0.5) is 0 Å². The van der Waals surface area contributed by atoms with E-state index in [1.807, 2.05) is 6.92 Å². The van der Waals surface area contributed by atoms with Crippen LogP contribution >= 0.6 is 15.9 Å². The molecule has 1 atom stereocenters. The predicted octanol–water partition coefficient (Wildman–Crippen LogP) is 3.79. The van der Waals surface area contributed by atoms with Crippen LogP contribution in [0.25, 0.3) is 0 Å². The fourth-order valence-electron chi connectivity index (χ4n) is 2.03. The molecule has 1 rings (SSSR count). The minimum Gasteiger partial charge on any atom is -0.393 e. The minimum absolute atomic E-state index is 0.155. The van der Waals surface area contributed by atoms with E-state index in [1.54, 1.807) is 0 Å². The Kier molecular flexibility index (Phi) is 4.35. The summed E-state index contributed by atoms with van der Waals surface area (Å²) in [6, 6.07) is 8.39. The maximum atomic E-state index is 9.40. The molecular weight excluding hydrogens is 252 g/mol. The summed E-state index contributed by atoms with van der Waals surface area (Å²) in [4.78, 5) is 0. The number of halogens is 1. The van der Waals surface area contributed by atoms with Gasteiger partial charge in [0.2, 0.25) is 0 Å². The van der Waals surface area contributed by atoms with Crippen molar-refractivity contribution in [3.05, 3.63) is 34.3 Å². The minimum atomic E-state index is -0.226. The molecule has 1 nitrogen and oxygen atoms in total. The third kappa shape index (κ3) is 4.80. The van der Waals surface area contributed by atoms with Gasteiger partial charge < -0.3 is 5.11 Å². The largest absolute Gasteiger partial charge is 0.393 e. The van der Waals surface area contributed by atoms with Crippen molar-refractivity contribution >= 4 is 15.9 Å². The van der Waals surface area contributed by atoms with Crippen molar-refractivity contribution in [2.45, 2.75) is 39.7 Å². The van der Waals surface area contributed by atoms with Crippen LogP contribution in [0.15, 0.2) is 28.7 Å². The maximum absolute atomic E-state index is 9.40. The third-order valence-electron chi connectivity index (χ3n) is 2.44. The van der Waals surface area contributed by atoms with Crippen LogP contribution in [0.5, 0.6) is 0 Å². The van der Waals surface area contributed by atoms with Crippen LogP contribution in [0.2, 0.25) is 0 Å². The van der Waals surface area contributed by atoms with Gasteiger partial charge in [-0.25, -0.2) is 0 Å². The summed E-state index contributed by atoms with van der Waals surface area (Å²) in [6.45, 7) is 6.24. The van der Waals surface area contributed by atoms with Gasteiger partial charge in [0, 0.05) is 4.47 Å². The van der Waals surface area contributed by atoms with Gasteiger partial charge >= 0.3 is 0 Å². The zero-order chi connectivity index (χ0) is 11.5. The molecule has 0 bridgehead atoms. The van der Waals surface area contributed by atoms with Gasteiger partial charge in [0.25, 0.3) is 0 Å². The van der Waals surface area contributed by atoms with Gasteiger partial charge in [-0.05, 0) is 42.9 Å². The average molecular weight is 271 g/mol. The van der Waals surface area contributed by atoms with Crippen LogP contribution in [0.1, 0.15) is 32.8 Å². The van der Waals surface area contributed by atoms with Crippen LogP contribution in [-0.2, 0) is 6.42 Å². The van der Waals surface area contributed by atoms with Gasteiger partial charge in [0.15, 0.2) is 0 Å². The zero-order valence-electron chi connectivity index (χ0n) is 9.63. The Morgan fingerprint density at radius 3 is 2.27 bits per heavy atom. The number of aliphatic hydroxyl groups excluding tert-OH is 1. The average Bonchev–Trinajstić information content (AvgIpc) is 2.06. The fraction of sp³-hybridized carbons (Fsp3) is 0.538. The lowest BCUT2D eigenvalue weighted by Gasteiger charge is -2.26. The van der Waals surface area contributed by atoms with Crippen LogP contribution < -0.4 is 0 Å². The van der Waals surface area contributed by atoms with Crippen LogP contribution in [0, 0.1) is 5.41 Å². The van der Waals surface area contributed by atoms with Gasteiger partial charge in [-0.2, -0.15) is 0 Å². The highest BCUT2D eigenvalue weighted by Gasteiger charge is 2.20. The van der Waals surface area contributed by atoms with Crippen molar-refractivity contribution in [1.29, 1.82) is 0 Å². The highest BCUT2D eigenvalue weighted by Crippen LogP contribution is 2.27. The van der Waals surface area contributed by atoms with E-state index in [0.29, 0.717) is 0 Å². The summed E-state index contributed by atoms with van der Waals surface area (Å²) in [6.07, 6.45) is 1.62. The number of rotatable bonds is 4. The second-order valence-corrected chi connectivity index (χ2v) is 5.94. The molecule has 1 unspecified atom stereocenters. The van der Waals surface area contributed by atoms with E-state index in [0.717, 1.165) is 17.3 Å². The lowest BCUT2D eigenvalue weighted by Crippen LogP contribution is -2.21. The molecule has 0 aliphatic carbocycles. The molecule has 0 aliphatic rings. The molecule has 0 saturated heterocycles. The zero-order valence-corrected chi connectivity index (χ0v) is 11.2. The molecule has 15 heavy (non-hydrogen) atoms. The standard InChI is InChI=1S/C13H19BrO/c1-10(15)8-13(2,3)9-11-4-6-12(14)7-5-11/h4-7,10,15H,8-9H2,1-3H3. The lowest BCUT2D eigenvalue weighted by atomic mass is 9.81. The summed E-state index contributed by atoms with van der Waals surface area (Å²) < 4.78 is 1.11. The highest BCUT2D eigenvalue weighted by molar-refractivity contribution is 9.10. The monoisotopic (exact) mass is 270 g/mol. The quantitative estimate of drug-likeness (QED) is 0.883. The summed E-state index contributed by atoms with van der Waals surface area (Å²) in [7, 11) is 0. The molecule has 0 spiro atoms. The Morgan fingerprint density at radius 1 is 1.27 bits per heavy atom. The molecule has 1 aromatic rings. The van der Waals surface area contributed by atoms with Crippen molar-refractivity contribution in [3.8, 4) is 0 Å². The molecule has 0 aliphatic heterocycles. The van der Waals surface area contributed by atoms with Crippen molar-refractivity contribution in [2.75, 3.05) is 0 Å². The number of hydrogen-bond acceptors (Lipinski definition) is 1. The molecule has 0 amide bonds. The SMILES string of the molecule is CC(O)CC(C)(C)Cc1ccc(Br)cc1. The van der Waals surface area contributed by atoms with E-state index in [1.165, 1.54) is 5.56 Å². The highest BCUT2D eigenvalue weighted by atomic mass is 79.9. The normalized spacial score (nSPS) is 13.9. The molecule has 1 aromatic carbocycles. The molecule has 0 saturated carbocycles. The summed E-state index contributed by atoms with van der Waals surface area (Å²) in [5, 5.41) is 9.40. The first-order valence-corrected chi connectivity index (χ1v) is 6.11. The Labute approximate surface area is 101 Å². The van der Waals surface area contributed by atoms with Gasteiger partial charge in [-0.1, -0.05) is 41.9 Å². The van der Waals surface area contributed by atoms with E-state index in [-0.39, 0.29) is 11.5 Å². The maximum Gasteiger partial charge on any atom is 0.0517 e. The van der Waals surface area contributed by atoms with Crippen LogP contribution in [-0.4, -0.2) is 11.2 Å². The topological polar surface area (TPSA) is 20.2 Å². The van der Waals surface area contributed by atoms with Gasteiger partial charge in [0.1, 0.15) is 0 Å². The molecule has 1 N–H and O–H groups in total. The Balaban J connectivity index is 2.64. The first kappa shape index (κ1) is 12.7.